The summed E-state index contributed by atoms with van der Waals surface area (Å²) in [5.74, 6) is 0.945. The summed E-state index contributed by atoms with van der Waals surface area (Å²) in [6.07, 6.45) is 1.11. The number of nitrogens with zero attached hydrogens (tertiary/aromatic N) is 2. The predicted molar refractivity (Wildman–Crippen MR) is 101 cm³/mol. The average Bonchev–Trinajstić information content (AvgIpc) is 3.06. The fourth-order valence-electron chi connectivity index (χ4n) is 2.38. The minimum atomic E-state index is -3.29. The quantitative estimate of drug-likeness (QED) is 0.686. The summed E-state index contributed by atoms with van der Waals surface area (Å²) in [5, 5.41) is 11.5. The van der Waals surface area contributed by atoms with Gasteiger partial charge in [-0.3, -0.25) is 4.72 Å². The molecule has 0 radical (unpaired) electrons. The van der Waals surface area contributed by atoms with Crippen LogP contribution in [0, 0.1) is 6.92 Å². The van der Waals surface area contributed by atoms with Gasteiger partial charge in [-0.05, 0) is 50.2 Å². The molecule has 26 heavy (non-hydrogen) atoms. The number of hydrogen-bond acceptors (Lipinski definition) is 6. The number of sulfonamides is 1. The first-order chi connectivity index (χ1) is 12.3. The Hall–Kier alpha value is -2.87. The van der Waals surface area contributed by atoms with Crippen molar-refractivity contribution in [3.63, 3.8) is 0 Å². The molecule has 136 valence electrons. The number of rotatable bonds is 6. The maximum absolute atomic E-state index is 11.2. The number of hydrogen-bond donors (Lipinski definition) is 2. The number of anilines is 2. The SMILES string of the molecule is Cc1ccc(-c2nnc(C(C)Nc3ccc(NS(C)(=O)=O)cc3)o2)cc1. The highest BCUT2D eigenvalue weighted by molar-refractivity contribution is 7.92. The van der Waals surface area contributed by atoms with Crippen LogP contribution >= 0.6 is 0 Å². The Balaban J connectivity index is 1.68. The summed E-state index contributed by atoms with van der Waals surface area (Å²) in [7, 11) is -3.29. The second kappa shape index (κ2) is 7.17. The first-order valence-corrected chi connectivity index (χ1v) is 9.94. The van der Waals surface area contributed by atoms with Crippen LogP contribution in [0.2, 0.25) is 0 Å². The topological polar surface area (TPSA) is 97.1 Å². The van der Waals surface area contributed by atoms with Crippen molar-refractivity contribution in [2.45, 2.75) is 19.9 Å². The van der Waals surface area contributed by atoms with Crippen LogP contribution < -0.4 is 10.0 Å². The molecule has 0 amide bonds. The highest BCUT2D eigenvalue weighted by Crippen LogP contribution is 2.24. The standard InChI is InChI=1S/C18H20N4O3S/c1-12-4-6-14(7-5-12)18-21-20-17(25-18)13(2)19-15-8-10-16(11-9-15)22-26(3,23)24/h4-11,13,19,22H,1-3H3. The maximum atomic E-state index is 11.2. The lowest BCUT2D eigenvalue weighted by atomic mass is 10.1. The van der Waals surface area contributed by atoms with Crippen molar-refractivity contribution in [3.05, 3.63) is 60.0 Å². The number of nitrogens with one attached hydrogen (secondary N) is 2. The minimum Gasteiger partial charge on any atom is -0.418 e. The molecule has 0 bridgehead atoms. The Labute approximate surface area is 152 Å². The summed E-state index contributed by atoms with van der Waals surface area (Å²) in [6.45, 7) is 3.93. The van der Waals surface area contributed by atoms with Crippen molar-refractivity contribution in [1.82, 2.24) is 10.2 Å². The van der Waals surface area contributed by atoms with Gasteiger partial charge in [0.15, 0.2) is 0 Å². The lowest BCUT2D eigenvalue weighted by Crippen LogP contribution is -2.10. The smallest absolute Gasteiger partial charge is 0.247 e. The minimum absolute atomic E-state index is 0.199. The van der Waals surface area contributed by atoms with E-state index < -0.39 is 10.0 Å². The third-order valence-electron chi connectivity index (χ3n) is 3.68. The zero-order valence-electron chi connectivity index (χ0n) is 14.7. The highest BCUT2D eigenvalue weighted by Gasteiger charge is 2.15. The largest absolute Gasteiger partial charge is 0.418 e. The van der Waals surface area contributed by atoms with Crippen molar-refractivity contribution >= 4 is 21.4 Å². The van der Waals surface area contributed by atoms with Crippen LogP contribution in [0.25, 0.3) is 11.5 Å². The molecule has 7 nitrogen and oxygen atoms in total. The van der Waals surface area contributed by atoms with E-state index in [2.05, 4.69) is 20.2 Å². The van der Waals surface area contributed by atoms with Crippen LogP contribution in [0.5, 0.6) is 0 Å². The Bertz CT molecular complexity index is 980. The van der Waals surface area contributed by atoms with Gasteiger partial charge in [-0.15, -0.1) is 10.2 Å². The number of aromatic nitrogens is 2. The molecule has 8 heteroatoms. The molecule has 0 saturated heterocycles. The summed E-state index contributed by atoms with van der Waals surface area (Å²) in [4.78, 5) is 0. The van der Waals surface area contributed by atoms with Crippen molar-refractivity contribution < 1.29 is 12.8 Å². The molecule has 2 aromatic carbocycles. The number of aryl methyl sites for hydroxylation is 1. The molecule has 0 fully saturated rings. The van der Waals surface area contributed by atoms with E-state index in [9.17, 15) is 8.42 Å². The molecule has 3 aromatic rings. The zero-order valence-corrected chi connectivity index (χ0v) is 15.5. The van der Waals surface area contributed by atoms with E-state index in [4.69, 9.17) is 4.42 Å². The van der Waals surface area contributed by atoms with Gasteiger partial charge in [0, 0.05) is 16.9 Å². The zero-order chi connectivity index (χ0) is 18.7. The van der Waals surface area contributed by atoms with Gasteiger partial charge in [0.2, 0.25) is 21.8 Å². The van der Waals surface area contributed by atoms with Gasteiger partial charge >= 0.3 is 0 Å². The molecule has 1 aromatic heterocycles. The molecule has 0 aliphatic heterocycles. The second-order valence-corrected chi connectivity index (χ2v) is 7.88. The van der Waals surface area contributed by atoms with Crippen LogP contribution in [0.3, 0.4) is 0 Å². The van der Waals surface area contributed by atoms with Crippen LogP contribution in [0.15, 0.2) is 52.9 Å². The van der Waals surface area contributed by atoms with E-state index in [1.165, 1.54) is 0 Å². The van der Waals surface area contributed by atoms with Crippen molar-refractivity contribution in [2.75, 3.05) is 16.3 Å². The molecule has 0 saturated carbocycles. The van der Waals surface area contributed by atoms with Gasteiger partial charge in [-0.2, -0.15) is 0 Å². The Kier molecular flexibility index (Phi) is 4.94. The van der Waals surface area contributed by atoms with Crippen LogP contribution in [-0.2, 0) is 10.0 Å². The normalized spacial score (nSPS) is 12.6. The highest BCUT2D eigenvalue weighted by atomic mass is 32.2. The molecule has 0 aliphatic rings. The van der Waals surface area contributed by atoms with E-state index in [0.29, 0.717) is 17.5 Å². The fourth-order valence-corrected chi connectivity index (χ4v) is 2.95. The van der Waals surface area contributed by atoms with E-state index in [-0.39, 0.29) is 6.04 Å². The van der Waals surface area contributed by atoms with Crippen LogP contribution in [0.1, 0.15) is 24.4 Å². The number of benzene rings is 2. The third kappa shape index (κ3) is 4.60. The molecule has 1 unspecified atom stereocenters. The summed E-state index contributed by atoms with van der Waals surface area (Å²) in [6, 6.07) is 14.6. The molecule has 3 rings (SSSR count). The van der Waals surface area contributed by atoms with E-state index >= 15 is 0 Å². The van der Waals surface area contributed by atoms with E-state index in [0.717, 1.165) is 23.1 Å². The van der Waals surface area contributed by atoms with Gasteiger partial charge in [-0.25, -0.2) is 8.42 Å². The van der Waals surface area contributed by atoms with E-state index in [1.54, 1.807) is 24.3 Å². The first kappa shape index (κ1) is 17.9. The van der Waals surface area contributed by atoms with Crippen molar-refractivity contribution in [2.24, 2.45) is 0 Å². The van der Waals surface area contributed by atoms with Gasteiger partial charge in [0.05, 0.1) is 6.26 Å². The molecule has 0 aliphatic carbocycles. The van der Waals surface area contributed by atoms with Crippen LogP contribution in [0.4, 0.5) is 11.4 Å². The summed E-state index contributed by atoms with van der Waals surface area (Å²) >= 11 is 0. The van der Waals surface area contributed by atoms with E-state index in [1.807, 2.05) is 38.1 Å². The monoisotopic (exact) mass is 372 g/mol. The Morgan fingerprint density at radius 3 is 2.19 bits per heavy atom. The van der Waals surface area contributed by atoms with Gasteiger partial charge in [0.1, 0.15) is 6.04 Å². The first-order valence-electron chi connectivity index (χ1n) is 8.05. The fraction of sp³-hybridized carbons (Fsp3) is 0.222. The van der Waals surface area contributed by atoms with Crippen molar-refractivity contribution in [1.29, 1.82) is 0 Å². The Morgan fingerprint density at radius 1 is 0.962 bits per heavy atom. The summed E-state index contributed by atoms with van der Waals surface area (Å²) < 4.78 is 30.6. The average molecular weight is 372 g/mol. The third-order valence-corrected chi connectivity index (χ3v) is 4.29. The lowest BCUT2D eigenvalue weighted by molar-refractivity contribution is 0.485. The molecular weight excluding hydrogens is 352 g/mol. The van der Waals surface area contributed by atoms with Crippen molar-refractivity contribution in [3.8, 4) is 11.5 Å². The lowest BCUT2D eigenvalue weighted by Gasteiger charge is -2.12. The predicted octanol–water partition coefficient (Wildman–Crippen LogP) is 3.59. The second-order valence-electron chi connectivity index (χ2n) is 6.13. The Morgan fingerprint density at radius 2 is 1.58 bits per heavy atom. The maximum Gasteiger partial charge on any atom is 0.247 e. The van der Waals surface area contributed by atoms with Gasteiger partial charge < -0.3 is 9.73 Å². The van der Waals surface area contributed by atoms with Gasteiger partial charge in [-0.1, -0.05) is 17.7 Å². The molecular formula is C18H20N4O3S. The molecule has 1 heterocycles. The summed E-state index contributed by atoms with van der Waals surface area (Å²) in [5.41, 5.74) is 3.35. The molecule has 2 N–H and O–H groups in total. The van der Waals surface area contributed by atoms with Gasteiger partial charge in [0.25, 0.3) is 0 Å². The molecule has 0 spiro atoms. The van der Waals surface area contributed by atoms with Crippen LogP contribution in [-0.4, -0.2) is 24.9 Å². The molecule has 1 atom stereocenters.